The number of carboxylic acid groups (broad SMARTS) is 1. The lowest BCUT2D eigenvalue weighted by molar-refractivity contribution is -0.122. The third-order valence-electron chi connectivity index (χ3n) is 6.69. The van der Waals surface area contributed by atoms with Crippen LogP contribution in [0.25, 0.3) is 10.9 Å². The van der Waals surface area contributed by atoms with Gasteiger partial charge in [0, 0.05) is 24.6 Å². The third-order valence-corrected chi connectivity index (χ3v) is 6.69. The van der Waals surface area contributed by atoms with Crippen molar-refractivity contribution in [3.63, 3.8) is 0 Å². The van der Waals surface area contributed by atoms with Gasteiger partial charge in [-0.3, -0.25) is 4.79 Å². The number of rotatable bonds is 8. The van der Waals surface area contributed by atoms with Crippen molar-refractivity contribution in [1.82, 2.24) is 9.88 Å². The minimum absolute atomic E-state index is 0.250. The zero-order valence-corrected chi connectivity index (χ0v) is 19.5. The van der Waals surface area contributed by atoms with Gasteiger partial charge in [0.25, 0.3) is 6.47 Å². The van der Waals surface area contributed by atoms with Crippen LogP contribution in [-0.2, 0) is 22.4 Å². The van der Waals surface area contributed by atoms with Gasteiger partial charge in [0.15, 0.2) is 11.5 Å². The molecule has 2 fully saturated rings. The number of pyridine rings is 1. The van der Waals surface area contributed by atoms with Crippen LogP contribution in [0.15, 0.2) is 12.1 Å². The predicted molar refractivity (Wildman–Crippen MR) is 128 cm³/mol. The fraction of sp³-hybridized carbons (Fsp3) is 0.600. The Morgan fingerprint density at radius 3 is 2.73 bits per heavy atom. The number of benzene rings is 1. The molecule has 0 bridgehead atoms. The first-order valence-corrected chi connectivity index (χ1v) is 12.0. The number of nitrogens with zero attached hydrogens (tertiary/aromatic N) is 2. The topological polar surface area (TPSA) is 93.2 Å². The summed E-state index contributed by atoms with van der Waals surface area (Å²) < 4.78 is 17.4. The quantitative estimate of drug-likeness (QED) is 0.460. The largest absolute Gasteiger partial charge is 0.493 e. The van der Waals surface area contributed by atoms with Crippen LogP contribution in [0.3, 0.4) is 0 Å². The van der Waals surface area contributed by atoms with Gasteiger partial charge in [-0.25, -0.2) is 4.98 Å². The van der Waals surface area contributed by atoms with Crippen LogP contribution < -0.4 is 14.8 Å². The van der Waals surface area contributed by atoms with E-state index in [0.29, 0.717) is 12.6 Å². The summed E-state index contributed by atoms with van der Waals surface area (Å²) in [5.74, 6) is 2.65. The molecule has 0 unspecified atom stereocenters. The smallest absolute Gasteiger partial charge is 0.290 e. The lowest BCUT2D eigenvalue weighted by Crippen LogP contribution is -2.22. The second-order valence-corrected chi connectivity index (χ2v) is 8.85. The molecule has 1 aromatic carbocycles. The van der Waals surface area contributed by atoms with E-state index in [-0.39, 0.29) is 6.47 Å². The van der Waals surface area contributed by atoms with Crippen LogP contribution in [0.4, 0.5) is 5.82 Å². The standard InChI is InChI=1S/C24H33N3O3.CH2O2/c1-28-22-14-20-18-6-4-7-19(18)24(25-17-8-13-29-16-17)26-21(20)15-23(22)30-12-5-11-27-9-2-3-10-27;2-1-3/h14-15,17H,2-13,16H2,1H3,(H,25,26);1H,(H,2,3)/t17-;/m1./s1. The molecule has 3 aliphatic rings. The minimum atomic E-state index is -0.250. The summed E-state index contributed by atoms with van der Waals surface area (Å²) in [5, 5.41) is 11.7. The summed E-state index contributed by atoms with van der Waals surface area (Å²) in [7, 11) is 1.72. The molecule has 2 saturated heterocycles. The van der Waals surface area contributed by atoms with Crippen LogP contribution in [0.5, 0.6) is 11.5 Å². The van der Waals surface area contributed by atoms with E-state index in [1.165, 1.54) is 48.9 Å². The van der Waals surface area contributed by atoms with Gasteiger partial charge in [0.2, 0.25) is 0 Å². The Morgan fingerprint density at radius 2 is 2.00 bits per heavy atom. The van der Waals surface area contributed by atoms with E-state index in [1.54, 1.807) is 7.11 Å². The van der Waals surface area contributed by atoms with E-state index in [1.807, 2.05) is 0 Å². The molecule has 2 aliphatic heterocycles. The average Bonchev–Trinajstić information content (AvgIpc) is 3.60. The Balaban J connectivity index is 0.000000821. The molecule has 8 nitrogen and oxygen atoms in total. The molecule has 1 aromatic heterocycles. The van der Waals surface area contributed by atoms with Crippen LogP contribution >= 0.6 is 0 Å². The Hall–Kier alpha value is -2.58. The highest BCUT2D eigenvalue weighted by atomic mass is 16.5. The molecule has 0 amide bonds. The van der Waals surface area contributed by atoms with Crippen LogP contribution in [0.1, 0.15) is 43.2 Å². The van der Waals surface area contributed by atoms with E-state index < -0.39 is 0 Å². The van der Waals surface area contributed by atoms with Crippen molar-refractivity contribution in [1.29, 1.82) is 0 Å². The average molecular weight is 458 g/mol. The van der Waals surface area contributed by atoms with Crippen LogP contribution in [0.2, 0.25) is 0 Å². The predicted octanol–water partition coefficient (Wildman–Crippen LogP) is 3.50. The van der Waals surface area contributed by atoms with Crippen molar-refractivity contribution in [3.05, 3.63) is 23.3 Å². The Labute approximate surface area is 195 Å². The van der Waals surface area contributed by atoms with Gasteiger partial charge in [0.1, 0.15) is 5.82 Å². The molecule has 3 heterocycles. The molecule has 8 heteroatoms. The van der Waals surface area contributed by atoms with E-state index in [2.05, 4.69) is 22.3 Å². The van der Waals surface area contributed by atoms with Gasteiger partial charge in [-0.2, -0.15) is 0 Å². The SMILES string of the molecule is COc1cc2c3c(c(N[C@@H]4CCOC4)nc2cc1OCCCN1CCCC1)CCC3.O=CO. The summed E-state index contributed by atoms with van der Waals surface area (Å²) in [6.45, 7) is 5.63. The molecule has 0 spiro atoms. The summed E-state index contributed by atoms with van der Waals surface area (Å²) >= 11 is 0. The maximum absolute atomic E-state index is 8.36. The van der Waals surface area contributed by atoms with E-state index in [0.717, 1.165) is 68.3 Å². The normalized spacial score (nSPS) is 19.7. The number of ether oxygens (including phenoxy) is 3. The lowest BCUT2D eigenvalue weighted by Gasteiger charge is -2.19. The molecule has 2 N–H and O–H groups in total. The van der Waals surface area contributed by atoms with Gasteiger partial charge < -0.3 is 29.5 Å². The molecule has 33 heavy (non-hydrogen) atoms. The number of anilines is 1. The second-order valence-electron chi connectivity index (χ2n) is 8.85. The number of fused-ring (bicyclic) bond motifs is 3. The Kier molecular flexibility index (Phi) is 8.23. The van der Waals surface area contributed by atoms with Crippen molar-refractivity contribution in [2.45, 2.75) is 51.0 Å². The van der Waals surface area contributed by atoms with Gasteiger partial charge >= 0.3 is 0 Å². The summed E-state index contributed by atoms with van der Waals surface area (Å²) in [4.78, 5) is 15.9. The lowest BCUT2D eigenvalue weighted by atomic mass is 10.0. The van der Waals surface area contributed by atoms with Crippen LogP contribution in [-0.4, -0.2) is 74.1 Å². The van der Waals surface area contributed by atoms with Gasteiger partial charge in [-0.15, -0.1) is 0 Å². The minimum Gasteiger partial charge on any atom is -0.493 e. The number of hydrogen-bond donors (Lipinski definition) is 2. The fourth-order valence-electron chi connectivity index (χ4n) is 5.08. The van der Waals surface area contributed by atoms with Crippen molar-refractivity contribution in [2.75, 3.05) is 51.9 Å². The van der Waals surface area contributed by atoms with Gasteiger partial charge in [-0.05, 0) is 75.2 Å². The van der Waals surface area contributed by atoms with Crippen LogP contribution in [0, 0.1) is 0 Å². The van der Waals surface area contributed by atoms with Crippen molar-refractivity contribution < 1.29 is 24.1 Å². The highest BCUT2D eigenvalue weighted by Gasteiger charge is 2.24. The summed E-state index contributed by atoms with van der Waals surface area (Å²) in [6.07, 6.45) is 8.12. The molecule has 0 saturated carbocycles. The van der Waals surface area contributed by atoms with E-state index in [4.69, 9.17) is 29.1 Å². The molecular formula is C25H35N3O5. The summed E-state index contributed by atoms with van der Waals surface area (Å²) in [6, 6.07) is 4.56. The molecule has 2 aromatic rings. The molecule has 5 rings (SSSR count). The Morgan fingerprint density at radius 1 is 1.21 bits per heavy atom. The number of aromatic nitrogens is 1. The molecule has 180 valence electrons. The zero-order valence-electron chi connectivity index (χ0n) is 19.5. The molecule has 1 aliphatic carbocycles. The highest BCUT2D eigenvalue weighted by Crippen LogP contribution is 2.39. The number of likely N-dealkylation sites (tertiary alicyclic amines) is 1. The van der Waals surface area contributed by atoms with E-state index >= 15 is 0 Å². The Bertz CT molecular complexity index is 940. The maximum atomic E-state index is 8.36. The third kappa shape index (κ3) is 5.68. The number of hydrogen-bond acceptors (Lipinski definition) is 7. The first-order chi connectivity index (χ1) is 16.2. The van der Waals surface area contributed by atoms with Gasteiger partial charge in [0.05, 0.1) is 31.9 Å². The molecular weight excluding hydrogens is 422 g/mol. The zero-order chi connectivity index (χ0) is 23.0. The number of aryl methyl sites for hydroxylation is 1. The van der Waals surface area contributed by atoms with Crippen molar-refractivity contribution >= 4 is 23.2 Å². The first-order valence-electron chi connectivity index (χ1n) is 12.0. The fourth-order valence-corrected chi connectivity index (χ4v) is 5.08. The number of nitrogens with one attached hydrogen (secondary N) is 1. The van der Waals surface area contributed by atoms with Gasteiger partial charge in [-0.1, -0.05) is 0 Å². The van der Waals surface area contributed by atoms with Crippen molar-refractivity contribution in [2.24, 2.45) is 0 Å². The maximum Gasteiger partial charge on any atom is 0.290 e. The second kappa shape index (κ2) is 11.5. The van der Waals surface area contributed by atoms with Crippen molar-refractivity contribution in [3.8, 4) is 11.5 Å². The van der Waals surface area contributed by atoms with E-state index in [9.17, 15) is 0 Å². The highest BCUT2D eigenvalue weighted by molar-refractivity contribution is 5.89. The summed E-state index contributed by atoms with van der Waals surface area (Å²) in [5.41, 5.74) is 3.78. The molecule has 1 atom stereocenters. The first kappa shape index (κ1) is 23.6. The number of carbonyl (C=O) groups is 1. The molecule has 0 radical (unpaired) electrons. The number of methoxy groups -OCH3 is 1. The monoisotopic (exact) mass is 457 g/mol.